The largest absolute Gasteiger partial charge is 0.458 e. The molecular weight excluding hydrogens is 152 g/mol. The molecule has 66 valence electrons. The Morgan fingerprint density at radius 3 is 2.25 bits per heavy atom. The fourth-order valence-electron chi connectivity index (χ4n) is 2.16. The van der Waals surface area contributed by atoms with E-state index in [2.05, 4.69) is 27.7 Å². The van der Waals surface area contributed by atoms with Crippen LogP contribution in [-0.2, 0) is 9.53 Å². The minimum absolute atomic E-state index is 0.00405. The lowest BCUT2D eigenvalue weighted by Gasteiger charge is -2.51. The number of carbonyl (C=O) groups is 1. The Kier molecular flexibility index (Phi) is 1.15. The van der Waals surface area contributed by atoms with E-state index in [1.165, 1.54) is 5.57 Å². The Labute approximate surface area is 72.6 Å². The molecule has 0 N–H and O–H groups in total. The second-order valence-corrected chi connectivity index (χ2v) is 4.68. The van der Waals surface area contributed by atoms with Crippen LogP contribution >= 0.6 is 0 Å². The summed E-state index contributed by atoms with van der Waals surface area (Å²) in [5.74, 6) is -0.102. The molecule has 0 amide bonds. The van der Waals surface area contributed by atoms with E-state index in [9.17, 15) is 4.79 Å². The topological polar surface area (TPSA) is 26.3 Å². The van der Waals surface area contributed by atoms with E-state index in [0.29, 0.717) is 6.61 Å². The van der Waals surface area contributed by atoms with Crippen LogP contribution in [0.15, 0.2) is 11.1 Å². The summed E-state index contributed by atoms with van der Waals surface area (Å²) in [5.41, 5.74) is 2.26. The van der Waals surface area contributed by atoms with E-state index >= 15 is 0 Å². The number of esters is 1. The first-order valence-electron chi connectivity index (χ1n) is 4.30. The smallest absolute Gasteiger partial charge is 0.335 e. The third-order valence-electron chi connectivity index (χ3n) is 3.80. The molecule has 0 saturated carbocycles. The van der Waals surface area contributed by atoms with Crippen molar-refractivity contribution in [3.8, 4) is 0 Å². The summed E-state index contributed by atoms with van der Waals surface area (Å²) in [7, 11) is 0. The lowest BCUT2D eigenvalue weighted by Crippen LogP contribution is -2.46. The van der Waals surface area contributed by atoms with Crippen molar-refractivity contribution >= 4 is 5.97 Å². The lowest BCUT2D eigenvalue weighted by molar-refractivity contribution is -0.136. The second kappa shape index (κ2) is 1.76. The zero-order valence-electron chi connectivity index (χ0n) is 8.02. The van der Waals surface area contributed by atoms with E-state index in [0.717, 1.165) is 5.57 Å². The number of hydrogen-bond acceptors (Lipinski definition) is 2. The van der Waals surface area contributed by atoms with Gasteiger partial charge in [0.25, 0.3) is 0 Å². The van der Waals surface area contributed by atoms with Gasteiger partial charge in [-0.3, -0.25) is 0 Å². The monoisotopic (exact) mass is 166 g/mol. The van der Waals surface area contributed by atoms with Gasteiger partial charge in [0.05, 0.1) is 0 Å². The standard InChI is InChI=1S/C10H14O2/c1-9(2)6-5-12-8(11)7(6)10(9,3)4/h5H2,1-4H3. The zero-order chi connectivity index (χ0) is 9.15. The van der Waals surface area contributed by atoms with E-state index in [4.69, 9.17) is 4.74 Å². The van der Waals surface area contributed by atoms with Gasteiger partial charge < -0.3 is 4.74 Å². The van der Waals surface area contributed by atoms with Crippen LogP contribution in [0.1, 0.15) is 27.7 Å². The van der Waals surface area contributed by atoms with E-state index < -0.39 is 0 Å². The molecule has 0 radical (unpaired) electrons. The zero-order valence-corrected chi connectivity index (χ0v) is 8.02. The molecule has 2 nitrogen and oxygen atoms in total. The highest BCUT2D eigenvalue weighted by atomic mass is 16.5. The molecule has 0 bridgehead atoms. The molecule has 0 spiro atoms. The average molecular weight is 166 g/mol. The van der Waals surface area contributed by atoms with Crippen molar-refractivity contribution in [2.45, 2.75) is 27.7 Å². The van der Waals surface area contributed by atoms with E-state index in [1.54, 1.807) is 0 Å². The fourth-order valence-corrected chi connectivity index (χ4v) is 2.16. The summed E-state index contributed by atoms with van der Waals surface area (Å²) < 4.78 is 5.00. The molecule has 2 aliphatic rings. The Hall–Kier alpha value is -0.790. The first-order valence-corrected chi connectivity index (χ1v) is 4.30. The van der Waals surface area contributed by atoms with Gasteiger partial charge in [0.1, 0.15) is 6.61 Å². The SMILES string of the molecule is CC1(C)C2=C(C(=O)OC2)C1(C)C. The maximum atomic E-state index is 11.3. The number of carbonyl (C=O) groups excluding carboxylic acids is 1. The van der Waals surface area contributed by atoms with Gasteiger partial charge >= 0.3 is 5.97 Å². The number of rotatable bonds is 0. The Morgan fingerprint density at radius 1 is 1.17 bits per heavy atom. The summed E-state index contributed by atoms with van der Waals surface area (Å²) in [6.45, 7) is 9.09. The van der Waals surface area contributed by atoms with Gasteiger partial charge in [0.15, 0.2) is 0 Å². The third kappa shape index (κ3) is 0.563. The van der Waals surface area contributed by atoms with Crippen molar-refractivity contribution in [3.05, 3.63) is 11.1 Å². The van der Waals surface area contributed by atoms with Crippen LogP contribution in [0, 0.1) is 10.8 Å². The number of cyclic esters (lactones) is 1. The van der Waals surface area contributed by atoms with E-state index in [-0.39, 0.29) is 16.8 Å². The summed E-state index contributed by atoms with van der Waals surface area (Å²) in [6.07, 6.45) is 0. The van der Waals surface area contributed by atoms with Gasteiger partial charge in [-0.15, -0.1) is 0 Å². The van der Waals surface area contributed by atoms with Crippen molar-refractivity contribution in [1.82, 2.24) is 0 Å². The average Bonchev–Trinajstić information content (AvgIpc) is 2.30. The molecular formula is C10H14O2. The highest BCUT2D eigenvalue weighted by molar-refractivity contribution is 5.96. The van der Waals surface area contributed by atoms with Gasteiger partial charge in [0, 0.05) is 11.0 Å². The molecule has 2 heteroatoms. The van der Waals surface area contributed by atoms with Crippen LogP contribution in [0.5, 0.6) is 0 Å². The predicted octanol–water partition coefficient (Wildman–Crippen LogP) is 1.91. The van der Waals surface area contributed by atoms with Crippen LogP contribution in [0.3, 0.4) is 0 Å². The predicted molar refractivity (Wildman–Crippen MR) is 45.5 cm³/mol. The van der Waals surface area contributed by atoms with Crippen LogP contribution < -0.4 is 0 Å². The first kappa shape index (κ1) is 7.84. The second-order valence-electron chi connectivity index (χ2n) is 4.68. The Morgan fingerprint density at radius 2 is 1.75 bits per heavy atom. The molecule has 0 fully saturated rings. The van der Waals surface area contributed by atoms with Gasteiger partial charge in [0.2, 0.25) is 0 Å². The molecule has 1 heterocycles. The van der Waals surface area contributed by atoms with Crippen LogP contribution in [0.25, 0.3) is 0 Å². The van der Waals surface area contributed by atoms with Crippen molar-refractivity contribution in [2.24, 2.45) is 10.8 Å². The Bertz CT molecular complexity index is 295. The molecule has 1 aliphatic heterocycles. The molecule has 2 rings (SSSR count). The molecule has 0 aromatic heterocycles. The molecule has 0 atom stereocenters. The minimum Gasteiger partial charge on any atom is -0.458 e. The van der Waals surface area contributed by atoms with Crippen molar-refractivity contribution in [1.29, 1.82) is 0 Å². The normalized spacial score (nSPS) is 29.5. The molecule has 1 aliphatic carbocycles. The molecule has 0 aromatic rings. The van der Waals surface area contributed by atoms with Crippen LogP contribution in [0.2, 0.25) is 0 Å². The molecule has 12 heavy (non-hydrogen) atoms. The lowest BCUT2D eigenvalue weighted by atomic mass is 9.50. The van der Waals surface area contributed by atoms with Crippen LogP contribution in [0.4, 0.5) is 0 Å². The van der Waals surface area contributed by atoms with Gasteiger partial charge in [-0.2, -0.15) is 0 Å². The minimum atomic E-state index is -0.102. The van der Waals surface area contributed by atoms with Gasteiger partial charge in [-0.05, 0) is 11.0 Å². The molecule has 0 aromatic carbocycles. The molecule has 0 unspecified atom stereocenters. The molecule has 0 saturated heterocycles. The highest BCUT2D eigenvalue weighted by Crippen LogP contribution is 2.62. The van der Waals surface area contributed by atoms with Crippen molar-refractivity contribution < 1.29 is 9.53 Å². The maximum absolute atomic E-state index is 11.3. The summed E-state index contributed by atoms with van der Waals surface area (Å²) >= 11 is 0. The first-order chi connectivity index (χ1) is 5.39. The van der Waals surface area contributed by atoms with Crippen LogP contribution in [-0.4, -0.2) is 12.6 Å². The van der Waals surface area contributed by atoms with Gasteiger partial charge in [-0.1, -0.05) is 27.7 Å². The van der Waals surface area contributed by atoms with Crippen molar-refractivity contribution in [2.75, 3.05) is 6.61 Å². The third-order valence-corrected chi connectivity index (χ3v) is 3.80. The number of ether oxygens (including phenoxy) is 1. The fraction of sp³-hybridized carbons (Fsp3) is 0.700. The van der Waals surface area contributed by atoms with Gasteiger partial charge in [-0.25, -0.2) is 4.79 Å². The number of hydrogen-bond donors (Lipinski definition) is 0. The highest BCUT2D eigenvalue weighted by Gasteiger charge is 2.58. The summed E-state index contributed by atoms with van der Waals surface area (Å²) in [5, 5.41) is 0. The van der Waals surface area contributed by atoms with E-state index in [1.807, 2.05) is 0 Å². The quantitative estimate of drug-likeness (QED) is 0.514. The summed E-state index contributed by atoms with van der Waals surface area (Å²) in [6, 6.07) is 0. The van der Waals surface area contributed by atoms with Crippen molar-refractivity contribution in [3.63, 3.8) is 0 Å². The Balaban J connectivity index is 2.53. The maximum Gasteiger partial charge on any atom is 0.335 e. The summed E-state index contributed by atoms with van der Waals surface area (Å²) in [4.78, 5) is 11.3.